The quantitative estimate of drug-likeness (QED) is 0.764. The monoisotopic (exact) mass is 179 g/mol. The Balaban J connectivity index is 1.96. The highest BCUT2D eigenvalue weighted by atomic mass is 15.1. The molecule has 0 spiro atoms. The van der Waals surface area contributed by atoms with Crippen LogP contribution in [-0.4, -0.2) is 15.6 Å². The average Bonchev–Trinajstić information content (AvgIpc) is 2.43. The summed E-state index contributed by atoms with van der Waals surface area (Å²) in [6.45, 7) is 2.18. The third kappa shape index (κ3) is 1.75. The molecule has 1 fully saturated rings. The first-order valence-corrected chi connectivity index (χ1v) is 5.00. The summed E-state index contributed by atoms with van der Waals surface area (Å²) in [7, 11) is 2.04. The van der Waals surface area contributed by atoms with Crippen LogP contribution in [0.5, 0.6) is 0 Å². The van der Waals surface area contributed by atoms with Crippen molar-refractivity contribution in [3.63, 3.8) is 0 Å². The molecule has 1 atom stereocenters. The van der Waals surface area contributed by atoms with Crippen LogP contribution in [0.4, 0.5) is 0 Å². The first-order valence-electron chi connectivity index (χ1n) is 5.00. The molecular weight excluding hydrogens is 162 g/mol. The zero-order valence-electron chi connectivity index (χ0n) is 8.33. The van der Waals surface area contributed by atoms with Crippen molar-refractivity contribution in [3.8, 4) is 0 Å². The van der Waals surface area contributed by atoms with Gasteiger partial charge >= 0.3 is 0 Å². The van der Waals surface area contributed by atoms with Gasteiger partial charge in [0.1, 0.15) is 5.82 Å². The minimum absolute atomic E-state index is 0.380. The van der Waals surface area contributed by atoms with Crippen LogP contribution in [-0.2, 0) is 7.05 Å². The van der Waals surface area contributed by atoms with Crippen molar-refractivity contribution < 1.29 is 0 Å². The van der Waals surface area contributed by atoms with Crippen molar-refractivity contribution >= 4 is 0 Å². The lowest BCUT2D eigenvalue weighted by molar-refractivity contribution is 0.306. The van der Waals surface area contributed by atoms with E-state index < -0.39 is 0 Å². The molecule has 1 aromatic rings. The second kappa shape index (κ2) is 3.50. The lowest BCUT2D eigenvalue weighted by atomic mass is 9.92. The fourth-order valence-electron chi connectivity index (χ4n) is 1.80. The number of aryl methyl sites for hydroxylation is 1. The van der Waals surface area contributed by atoms with E-state index in [1.807, 2.05) is 19.4 Å². The molecule has 1 unspecified atom stereocenters. The Morgan fingerprint density at radius 1 is 1.62 bits per heavy atom. The third-order valence-corrected chi connectivity index (χ3v) is 2.84. The van der Waals surface area contributed by atoms with Crippen LogP contribution in [0.15, 0.2) is 12.4 Å². The second-order valence-corrected chi connectivity index (χ2v) is 3.91. The Morgan fingerprint density at radius 3 is 2.85 bits per heavy atom. The maximum absolute atomic E-state index is 4.33. The molecule has 1 aliphatic carbocycles. The summed E-state index contributed by atoms with van der Waals surface area (Å²) in [5.41, 5.74) is 0. The van der Waals surface area contributed by atoms with E-state index in [9.17, 15) is 0 Å². The van der Waals surface area contributed by atoms with Crippen molar-refractivity contribution in [2.24, 2.45) is 7.05 Å². The SMILES string of the molecule is CC(NC1CCC1)c1nccn1C. The number of nitrogens with one attached hydrogen (secondary N) is 1. The van der Waals surface area contributed by atoms with Crippen molar-refractivity contribution in [1.82, 2.24) is 14.9 Å². The summed E-state index contributed by atoms with van der Waals surface area (Å²) in [4.78, 5) is 4.33. The molecule has 1 N–H and O–H groups in total. The van der Waals surface area contributed by atoms with E-state index in [4.69, 9.17) is 0 Å². The van der Waals surface area contributed by atoms with Gasteiger partial charge in [0, 0.05) is 25.5 Å². The second-order valence-electron chi connectivity index (χ2n) is 3.91. The molecule has 1 saturated carbocycles. The Hall–Kier alpha value is -0.830. The summed E-state index contributed by atoms with van der Waals surface area (Å²) in [5, 5.41) is 3.58. The average molecular weight is 179 g/mol. The molecule has 1 aromatic heterocycles. The van der Waals surface area contributed by atoms with Gasteiger partial charge in [-0.3, -0.25) is 0 Å². The van der Waals surface area contributed by atoms with Crippen LogP contribution in [0, 0.1) is 0 Å². The van der Waals surface area contributed by atoms with Crippen molar-refractivity contribution in [3.05, 3.63) is 18.2 Å². The van der Waals surface area contributed by atoms with Gasteiger partial charge in [0.05, 0.1) is 6.04 Å². The number of hydrogen-bond acceptors (Lipinski definition) is 2. The summed E-state index contributed by atoms with van der Waals surface area (Å²) < 4.78 is 2.08. The normalized spacial score (nSPS) is 19.8. The molecule has 0 radical (unpaired) electrons. The van der Waals surface area contributed by atoms with Crippen LogP contribution in [0.3, 0.4) is 0 Å². The van der Waals surface area contributed by atoms with Crippen LogP contribution in [0.1, 0.15) is 38.1 Å². The molecule has 0 bridgehead atoms. The number of nitrogens with zero attached hydrogens (tertiary/aromatic N) is 2. The lowest BCUT2D eigenvalue weighted by Gasteiger charge is -2.29. The number of rotatable bonds is 3. The van der Waals surface area contributed by atoms with E-state index in [1.54, 1.807) is 0 Å². The standard InChI is InChI=1S/C10H17N3/c1-8(12-9-4-3-5-9)10-11-6-7-13(10)2/h6-9,12H,3-5H2,1-2H3. The van der Waals surface area contributed by atoms with Gasteiger partial charge in [0.15, 0.2) is 0 Å². The maximum Gasteiger partial charge on any atom is 0.125 e. The highest BCUT2D eigenvalue weighted by molar-refractivity contribution is 4.98. The molecule has 0 aromatic carbocycles. The molecule has 0 aliphatic heterocycles. The van der Waals surface area contributed by atoms with E-state index in [1.165, 1.54) is 19.3 Å². The van der Waals surface area contributed by atoms with Gasteiger partial charge in [-0.1, -0.05) is 6.42 Å². The molecule has 3 heteroatoms. The molecule has 72 valence electrons. The van der Waals surface area contributed by atoms with E-state index in [0.29, 0.717) is 6.04 Å². The molecule has 13 heavy (non-hydrogen) atoms. The van der Waals surface area contributed by atoms with E-state index in [-0.39, 0.29) is 0 Å². The molecule has 1 heterocycles. The van der Waals surface area contributed by atoms with Crippen molar-refractivity contribution in [1.29, 1.82) is 0 Å². The summed E-state index contributed by atoms with van der Waals surface area (Å²) in [5.74, 6) is 1.13. The highest BCUT2D eigenvalue weighted by Crippen LogP contribution is 2.21. The molecular formula is C10H17N3. The number of aromatic nitrogens is 2. The maximum atomic E-state index is 4.33. The van der Waals surface area contributed by atoms with E-state index in [0.717, 1.165) is 11.9 Å². The van der Waals surface area contributed by atoms with Gasteiger partial charge in [-0.2, -0.15) is 0 Å². The first-order chi connectivity index (χ1) is 6.27. The van der Waals surface area contributed by atoms with Crippen molar-refractivity contribution in [2.45, 2.75) is 38.3 Å². The summed E-state index contributed by atoms with van der Waals surface area (Å²) in [6.07, 6.45) is 7.89. The first kappa shape index (κ1) is 8.75. The van der Waals surface area contributed by atoms with Crippen molar-refractivity contribution in [2.75, 3.05) is 0 Å². The summed E-state index contributed by atoms with van der Waals surface area (Å²) >= 11 is 0. The molecule has 0 amide bonds. The van der Waals surface area contributed by atoms with Gasteiger partial charge in [-0.25, -0.2) is 4.98 Å². The van der Waals surface area contributed by atoms with E-state index in [2.05, 4.69) is 21.8 Å². The zero-order valence-corrected chi connectivity index (χ0v) is 8.33. The topological polar surface area (TPSA) is 29.9 Å². The molecule has 2 rings (SSSR count). The Morgan fingerprint density at radius 2 is 2.38 bits per heavy atom. The van der Waals surface area contributed by atoms with Gasteiger partial charge < -0.3 is 9.88 Å². The fraction of sp³-hybridized carbons (Fsp3) is 0.700. The largest absolute Gasteiger partial charge is 0.337 e. The number of hydrogen-bond donors (Lipinski definition) is 1. The molecule has 1 aliphatic rings. The minimum atomic E-state index is 0.380. The van der Waals surface area contributed by atoms with Crippen LogP contribution >= 0.6 is 0 Å². The predicted octanol–water partition coefficient (Wildman–Crippen LogP) is 1.62. The lowest BCUT2D eigenvalue weighted by Crippen LogP contribution is -2.37. The van der Waals surface area contributed by atoms with Gasteiger partial charge in [0.2, 0.25) is 0 Å². The zero-order chi connectivity index (χ0) is 9.26. The Kier molecular flexibility index (Phi) is 2.36. The molecule has 0 saturated heterocycles. The van der Waals surface area contributed by atoms with E-state index >= 15 is 0 Å². The van der Waals surface area contributed by atoms with Crippen LogP contribution in [0.25, 0.3) is 0 Å². The minimum Gasteiger partial charge on any atom is -0.337 e. The smallest absolute Gasteiger partial charge is 0.125 e. The Labute approximate surface area is 79.2 Å². The highest BCUT2D eigenvalue weighted by Gasteiger charge is 2.20. The Bertz CT molecular complexity index is 275. The number of imidazole rings is 1. The third-order valence-electron chi connectivity index (χ3n) is 2.84. The predicted molar refractivity (Wildman–Crippen MR) is 52.4 cm³/mol. The molecule has 3 nitrogen and oxygen atoms in total. The van der Waals surface area contributed by atoms with Gasteiger partial charge in [-0.15, -0.1) is 0 Å². The van der Waals surface area contributed by atoms with Gasteiger partial charge in [0.25, 0.3) is 0 Å². The fourth-order valence-corrected chi connectivity index (χ4v) is 1.80. The van der Waals surface area contributed by atoms with Gasteiger partial charge in [-0.05, 0) is 19.8 Å². The van der Waals surface area contributed by atoms with Crippen LogP contribution in [0.2, 0.25) is 0 Å². The summed E-state index contributed by atoms with van der Waals surface area (Å²) in [6, 6.07) is 1.11. The van der Waals surface area contributed by atoms with Crippen LogP contribution < -0.4 is 5.32 Å².